The van der Waals surface area contributed by atoms with Gasteiger partial charge in [-0.05, 0) is 70.1 Å². The van der Waals surface area contributed by atoms with E-state index < -0.39 is 0 Å². The molecule has 2 fully saturated rings. The van der Waals surface area contributed by atoms with E-state index in [1.807, 2.05) is 0 Å². The summed E-state index contributed by atoms with van der Waals surface area (Å²) in [5.41, 5.74) is 2.88. The van der Waals surface area contributed by atoms with Crippen LogP contribution in [0.4, 0.5) is 0 Å². The third kappa shape index (κ3) is 4.70. The second kappa shape index (κ2) is 8.17. The summed E-state index contributed by atoms with van der Waals surface area (Å²) >= 11 is 0. The highest BCUT2D eigenvalue weighted by Crippen LogP contribution is 2.24. The molecule has 2 saturated heterocycles. The van der Waals surface area contributed by atoms with Crippen LogP contribution in [0.1, 0.15) is 36.8 Å². The number of hydrogen-bond acceptors (Lipinski definition) is 2. The normalized spacial score (nSPS) is 24.0. The Hall–Kier alpha value is -0.570. The highest BCUT2D eigenvalue weighted by atomic mass is 35.5. The van der Waals surface area contributed by atoms with Crippen molar-refractivity contribution < 1.29 is 0 Å². The van der Waals surface area contributed by atoms with Crippen molar-refractivity contribution in [1.29, 1.82) is 0 Å². The minimum Gasteiger partial charge on any atom is -0.317 e. The van der Waals surface area contributed by atoms with Gasteiger partial charge in [0.25, 0.3) is 0 Å². The molecule has 3 rings (SSSR count). The first kappa shape index (κ1) is 16.8. The number of nitrogens with one attached hydrogen (secondary N) is 1. The van der Waals surface area contributed by atoms with E-state index in [2.05, 4.69) is 41.4 Å². The smallest absolute Gasteiger partial charge is 0.0136 e. The van der Waals surface area contributed by atoms with E-state index in [0.717, 1.165) is 12.0 Å². The van der Waals surface area contributed by atoms with Crippen LogP contribution in [0.2, 0.25) is 0 Å². The number of rotatable bonds is 4. The van der Waals surface area contributed by atoms with Gasteiger partial charge in [-0.3, -0.25) is 4.90 Å². The molecule has 0 amide bonds. The molecule has 0 spiro atoms. The Bertz CT molecular complexity index is 412. The number of aryl methyl sites for hydroxylation is 1. The molecule has 118 valence electrons. The van der Waals surface area contributed by atoms with Crippen LogP contribution in [0.25, 0.3) is 0 Å². The SMILES string of the molecule is Cc1ccc(CC2CCCN2CC2CCNCC2)cc1.Cl. The second-order valence-corrected chi connectivity index (χ2v) is 6.67. The van der Waals surface area contributed by atoms with Gasteiger partial charge in [-0.15, -0.1) is 12.4 Å². The third-order valence-corrected chi connectivity index (χ3v) is 5.04. The molecule has 0 saturated carbocycles. The zero-order valence-electron chi connectivity index (χ0n) is 13.2. The Morgan fingerprint density at radius 2 is 1.81 bits per heavy atom. The summed E-state index contributed by atoms with van der Waals surface area (Å²) in [6, 6.07) is 9.92. The van der Waals surface area contributed by atoms with E-state index in [0.29, 0.717) is 0 Å². The minimum atomic E-state index is 0. The maximum atomic E-state index is 3.48. The summed E-state index contributed by atoms with van der Waals surface area (Å²) in [5, 5.41) is 3.48. The topological polar surface area (TPSA) is 15.3 Å². The molecule has 0 aromatic heterocycles. The van der Waals surface area contributed by atoms with Gasteiger partial charge in [-0.25, -0.2) is 0 Å². The van der Waals surface area contributed by atoms with E-state index in [1.54, 1.807) is 0 Å². The molecule has 1 unspecified atom stereocenters. The summed E-state index contributed by atoms with van der Waals surface area (Å²) in [6.45, 7) is 7.27. The molecule has 2 aliphatic heterocycles. The Kier molecular flexibility index (Phi) is 6.53. The van der Waals surface area contributed by atoms with Crippen molar-refractivity contribution in [3.05, 3.63) is 35.4 Å². The molecule has 1 atom stereocenters. The first-order valence-corrected chi connectivity index (χ1v) is 8.31. The van der Waals surface area contributed by atoms with Gasteiger partial charge in [0.15, 0.2) is 0 Å². The molecule has 3 heteroatoms. The number of halogens is 1. The quantitative estimate of drug-likeness (QED) is 0.917. The molecule has 2 aliphatic rings. The molecule has 2 heterocycles. The van der Waals surface area contributed by atoms with Crippen LogP contribution in [-0.4, -0.2) is 37.1 Å². The van der Waals surface area contributed by atoms with E-state index in [4.69, 9.17) is 0 Å². The molecule has 0 bridgehead atoms. The van der Waals surface area contributed by atoms with Gasteiger partial charge in [0.1, 0.15) is 0 Å². The van der Waals surface area contributed by atoms with Crippen LogP contribution >= 0.6 is 12.4 Å². The molecule has 0 radical (unpaired) electrons. The highest BCUT2D eigenvalue weighted by molar-refractivity contribution is 5.85. The third-order valence-electron chi connectivity index (χ3n) is 5.04. The van der Waals surface area contributed by atoms with Crippen LogP contribution in [0.15, 0.2) is 24.3 Å². The van der Waals surface area contributed by atoms with Crippen molar-refractivity contribution >= 4 is 12.4 Å². The molecular weight excluding hydrogens is 280 g/mol. The van der Waals surface area contributed by atoms with Gasteiger partial charge in [0.05, 0.1) is 0 Å². The van der Waals surface area contributed by atoms with Crippen LogP contribution in [0, 0.1) is 12.8 Å². The Morgan fingerprint density at radius 3 is 2.52 bits per heavy atom. The lowest BCUT2D eigenvalue weighted by molar-refractivity contribution is 0.191. The average molecular weight is 309 g/mol. The molecule has 2 nitrogen and oxygen atoms in total. The van der Waals surface area contributed by atoms with Crippen LogP contribution in [0.3, 0.4) is 0 Å². The number of benzene rings is 1. The lowest BCUT2D eigenvalue weighted by atomic mass is 9.96. The predicted molar refractivity (Wildman–Crippen MR) is 92.3 cm³/mol. The van der Waals surface area contributed by atoms with Gasteiger partial charge >= 0.3 is 0 Å². The van der Waals surface area contributed by atoms with Gasteiger partial charge in [-0.1, -0.05) is 29.8 Å². The summed E-state index contributed by atoms with van der Waals surface area (Å²) in [7, 11) is 0. The maximum Gasteiger partial charge on any atom is 0.0136 e. The van der Waals surface area contributed by atoms with E-state index in [1.165, 1.54) is 69.4 Å². The number of nitrogens with zero attached hydrogens (tertiary/aromatic N) is 1. The fourth-order valence-corrected chi connectivity index (χ4v) is 3.76. The van der Waals surface area contributed by atoms with E-state index in [9.17, 15) is 0 Å². The van der Waals surface area contributed by atoms with Gasteiger partial charge in [-0.2, -0.15) is 0 Å². The Labute approximate surface area is 135 Å². The number of piperidine rings is 1. The molecule has 1 N–H and O–H groups in total. The first-order valence-electron chi connectivity index (χ1n) is 8.31. The van der Waals surface area contributed by atoms with Crippen molar-refractivity contribution in [1.82, 2.24) is 10.2 Å². The monoisotopic (exact) mass is 308 g/mol. The summed E-state index contributed by atoms with van der Waals surface area (Å²) in [6.07, 6.45) is 6.76. The Morgan fingerprint density at radius 1 is 1.10 bits per heavy atom. The van der Waals surface area contributed by atoms with Gasteiger partial charge in [0, 0.05) is 12.6 Å². The minimum absolute atomic E-state index is 0. The molecular formula is C18H29ClN2. The van der Waals surface area contributed by atoms with Gasteiger partial charge in [0.2, 0.25) is 0 Å². The lowest BCUT2D eigenvalue weighted by Gasteiger charge is -2.31. The molecule has 0 aliphatic carbocycles. The highest BCUT2D eigenvalue weighted by Gasteiger charge is 2.27. The zero-order chi connectivity index (χ0) is 13.8. The summed E-state index contributed by atoms with van der Waals surface area (Å²) in [4.78, 5) is 2.77. The number of likely N-dealkylation sites (tertiary alicyclic amines) is 1. The molecule has 1 aromatic carbocycles. The summed E-state index contributed by atoms with van der Waals surface area (Å²) < 4.78 is 0. The van der Waals surface area contributed by atoms with Crippen molar-refractivity contribution in [3.8, 4) is 0 Å². The van der Waals surface area contributed by atoms with Crippen molar-refractivity contribution in [2.45, 2.75) is 45.1 Å². The average Bonchev–Trinajstić information content (AvgIpc) is 2.90. The largest absolute Gasteiger partial charge is 0.317 e. The predicted octanol–water partition coefficient (Wildman–Crippen LogP) is 3.42. The van der Waals surface area contributed by atoms with Crippen molar-refractivity contribution in [2.24, 2.45) is 5.92 Å². The number of hydrogen-bond donors (Lipinski definition) is 1. The second-order valence-electron chi connectivity index (χ2n) is 6.67. The van der Waals surface area contributed by atoms with Crippen LogP contribution in [-0.2, 0) is 6.42 Å². The van der Waals surface area contributed by atoms with Crippen molar-refractivity contribution in [2.75, 3.05) is 26.2 Å². The van der Waals surface area contributed by atoms with Crippen LogP contribution < -0.4 is 5.32 Å². The summed E-state index contributed by atoms with van der Waals surface area (Å²) in [5.74, 6) is 0.926. The van der Waals surface area contributed by atoms with Crippen LogP contribution in [0.5, 0.6) is 0 Å². The standard InChI is InChI=1S/C18H28N2.ClH/c1-15-4-6-16(7-5-15)13-18-3-2-12-20(18)14-17-8-10-19-11-9-17;/h4-7,17-19H,2-3,8-14H2,1H3;1H. The first-order chi connectivity index (χ1) is 9.81. The zero-order valence-corrected chi connectivity index (χ0v) is 14.0. The van der Waals surface area contributed by atoms with Crippen molar-refractivity contribution in [3.63, 3.8) is 0 Å². The fourth-order valence-electron chi connectivity index (χ4n) is 3.76. The van der Waals surface area contributed by atoms with E-state index >= 15 is 0 Å². The van der Waals surface area contributed by atoms with E-state index in [-0.39, 0.29) is 12.4 Å². The van der Waals surface area contributed by atoms with Gasteiger partial charge < -0.3 is 5.32 Å². The Balaban J connectivity index is 0.00000161. The maximum absolute atomic E-state index is 3.48. The fraction of sp³-hybridized carbons (Fsp3) is 0.667. The molecule has 1 aromatic rings. The molecule has 21 heavy (non-hydrogen) atoms. The lowest BCUT2D eigenvalue weighted by Crippen LogP contribution is -2.39.